The topological polar surface area (TPSA) is 56.8 Å². The molecule has 0 heterocycles. The zero-order valence-corrected chi connectivity index (χ0v) is 9.24. The second kappa shape index (κ2) is 4.43. The van der Waals surface area contributed by atoms with Crippen molar-refractivity contribution in [2.24, 2.45) is 5.41 Å². The normalized spacial score (nSPS) is 15.7. The molecular formula is C13H11FN2O. The zero-order valence-electron chi connectivity index (χ0n) is 9.24. The van der Waals surface area contributed by atoms with E-state index in [4.69, 9.17) is 15.3 Å². The van der Waals surface area contributed by atoms with Crippen LogP contribution in [0.25, 0.3) is 0 Å². The Kier molecular flexibility index (Phi) is 2.97. The maximum Gasteiger partial charge on any atom is 0.166 e. The van der Waals surface area contributed by atoms with Crippen molar-refractivity contribution < 1.29 is 9.13 Å². The lowest BCUT2D eigenvalue weighted by molar-refractivity contribution is 0.227. The molecule has 2 rings (SSSR count). The molecule has 0 aromatic heterocycles. The summed E-state index contributed by atoms with van der Waals surface area (Å²) in [6.45, 7) is 0.364. The van der Waals surface area contributed by atoms with Gasteiger partial charge in [-0.15, -0.1) is 0 Å². The van der Waals surface area contributed by atoms with Gasteiger partial charge in [-0.2, -0.15) is 10.5 Å². The van der Waals surface area contributed by atoms with Crippen LogP contribution < -0.4 is 4.74 Å². The molecule has 0 radical (unpaired) electrons. The lowest BCUT2D eigenvalue weighted by atomic mass is 10.1. The Bertz CT molecular complexity index is 509. The smallest absolute Gasteiger partial charge is 0.166 e. The molecule has 17 heavy (non-hydrogen) atoms. The van der Waals surface area contributed by atoms with Crippen molar-refractivity contribution in [3.05, 3.63) is 29.6 Å². The highest BCUT2D eigenvalue weighted by Crippen LogP contribution is 2.48. The predicted octanol–water partition coefficient (Wildman–Crippen LogP) is 2.77. The third-order valence-corrected chi connectivity index (χ3v) is 3.01. The summed E-state index contributed by atoms with van der Waals surface area (Å²) in [6, 6.07) is 8.11. The van der Waals surface area contributed by atoms with Crippen LogP contribution in [0.4, 0.5) is 4.39 Å². The monoisotopic (exact) mass is 230 g/mol. The van der Waals surface area contributed by atoms with Crippen LogP contribution in [0, 0.1) is 33.9 Å². The van der Waals surface area contributed by atoms with Crippen molar-refractivity contribution in [1.29, 1.82) is 10.5 Å². The van der Waals surface area contributed by atoms with Gasteiger partial charge in [0.1, 0.15) is 0 Å². The fraction of sp³-hybridized carbons (Fsp3) is 0.385. The Morgan fingerprint density at radius 2 is 2.12 bits per heavy atom. The molecule has 3 nitrogen and oxygen atoms in total. The molecule has 0 amide bonds. The van der Waals surface area contributed by atoms with E-state index >= 15 is 0 Å². The van der Waals surface area contributed by atoms with Gasteiger partial charge < -0.3 is 4.74 Å². The molecule has 0 aliphatic heterocycles. The number of halogens is 1. The van der Waals surface area contributed by atoms with Gasteiger partial charge in [-0.05, 0) is 31.0 Å². The van der Waals surface area contributed by atoms with Crippen molar-refractivity contribution in [3.63, 3.8) is 0 Å². The number of benzene rings is 1. The van der Waals surface area contributed by atoms with E-state index in [1.54, 1.807) is 0 Å². The highest BCUT2D eigenvalue weighted by atomic mass is 19.1. The molecule has 1 aliphatic rings. The summed E-state index contributed by atoms with van der Waals surface area (Å²) in [7, 11) is 0. The Hall–Kier alpha value is -2.07. The van der Waals surface area contributed by atoms with E-state index in [0.717, 1.165) is 18.9 Å². The summed E-state index contributed by atoms with van der Waals surface area (Å²) in [5.41, 5.74) is 0.197. The van der Waals surface area contributed by atoms with E-state index < -0.39 is 5.82 Å². The Morgan fingerprint density at radius 3 is 2.65 bits per heavy atom. The van der Waals surface area contributed by atoms with Crippen LogP contribution in [0.2, 0.25) is 0 Å². The van der Waals surface area contributed by atoms with Crippen molar-refractivity contribution in [3.8, 4) is 17.9 Å². The SMILES string of the molecule is N#CCC1(COc2ccc(C#N)cc2F)CC1. The van der Waals surface area contributed by atoms with E-state index in [0.29, 0.717) is 13.0 Å². The molecule has 1 fully saturated rings. The fourth-order valence-electron chi connectivity index (χ4n) is 1.63. The van der Waals surface area contributed by atoms with Crippen molar-refractivity contribution in [2.75, 3.05) is 6.61 Å². The van der Waals surface area contributed by atoms with E-state index in [1.807, 2.05) is 6.07 Å². The Balaban J connectivity index is 2.01. The molecule has 1 aliphatic carbocycles. The molecule has 1 aromatic rings. The minimum Gasteiger partial charge on any atom is -0.490 e. The first-order valence-electron chi connectivity index (χ1n) is 5.38. The number of rotatable bonds is 4. The van der Waals surface area contributed by atoms with Gasteiger partial charge >= 0.3 is 0 Å². The average molecular weight is 230 g/mol. The largest absolute Gasteiger partial charge is 0.490 e. The molecule has 0 spiro atoms. The standard InChI is InChI=1S/C13H11FN2O/c14-11-7-10(8-16)1-2-12(11)17-9-13(3-4-13)5-6-15/h1-2,7H,3-5,9H2. The van der Waals surface area contributed by atoms with Gasteiger partial charge in [0.05, 0.1) is 24.3 Å². The lowest BCUT2D eigenvalue weighted by Gasteiger charge is -2.13. The molecule has 1 aromatic carbocycles. The van der Waals surface area contributed by atoms with E-state index in [1.165, 1.54) is 12.1 Å². The second-order valence-corrected chi connectivity index (χ2v) is 4.38. The highest BCUT2D eigenvalue weighted by Gasteiger charge is 2.43. The quantitative estimate of drug-likeness (QED) is 0.799. The molecule has 1 saturated carbocycles. The fourth-order valence-corrected chi connectivity index (χ4v) is 1.63. The molecule has 0 saturated heterocycles. The molecule has 86 valence electrons. The van der Waals surface area contributed by atoms with E-state index in [9.17, 15) is 4.39 Å². The van der Waals surface area contributed by atoms with Gasteiger partial charge in [0.2, 0.25) is 0 Å². The number of hydrogen-bond acceptors (Lipinski definition) is 3. The molecule has 0 unspecified atom stereocenters. The summed E-state index contributed by atoms with van der Waals surface area (Å²) >= 11 is 0. The lowest BCUT2D eigenvalue weighted by Crippen LogP contribution is -2.13. The van der Waals surface area contributed by atoms with Gasteiger partial charge in [0.25, 0.3) is 0 Å². The first-order chi connectivity index (χ1) is 8.19. The second-order valence-electron chi connectivity index (χ2n) is 4.38. The summed E-state index contributed by atoms with van der Waals surface area (Å²) in [5.74, 6) is -0.384. The number of ether oxygens (including phenoxy) is 1. The summed E-state index contributed by atoms with van der Waals surface area (Å²) < 4.78 is 18.9. The molecular weight excluding hydrogens is 219 g/mol. The summed E-state index contributed by atoms with van der Waals surface area (Å²) in [5, 5.41) is 17.2. The third kappa shape index (κ3) is 2.54. The van der Waals surface area contributed by atoms with Gasteiger partial charge in [-0.3, -0.25) is 0 Å². The Morgan fingerprint density at radius 1 is 1.35 bits per heavy atom. The molecule has 0 atom stereocenters. The number of nitriles is 2. The molecule has 4 heteroatoms. The van der Waals surface area contributed by atoms with Crippen LogP contribution in [0.3, 0.4) is 0 Å². The zero-order chi connectivity index (χ0) is 12.3. The van der Waals surface area contributed by atoms with Gasteiger partial charge in [0, 0.05) is 11.8 Å². The van der Waals surface area contributed by atoms with Crippen molar-refractivity contribution in [1.82, 2.24) is 0 Å². The molecule has 0 N–H and O–H groups in total. The van der Waals surface area contributed by atoms with E-state index in [-0.39, 0.29) is 16.7 Å². The Labute approximate surface area is 99.0 Å². The van der Waals surface area contributed by atoms with E-state index in [2.05, 4.69) is 6.07 Å². The minimum atomic E-state index is -0.531. The first-order valence-corrected chi connectivity index (χ1v) is 5.38. The van der Waals surface area contributed by atoms with Crippen LogP contribution >= 0.6 is 0 Å². The van der Waals surface area contributed by atoms with Crippen molar-refractivity contribution in [2.45, 2.75) is 19.3 Å². The van der Waals surface area contributed by atoms with Crippen LogP contribution in [0.1, 0.15) is 24.8 Å². The number of nitrogens with zero attached hydrogens (tertiary/aromatic N) is 2. The number of hydrogen-bond donors (Lipinski definition) is 0. The predicted molar refractivity (Wildman–Crippen MR) is 58.5 cm³/mol. The van der Waals surface area contributed by atoms with Gasteiger partial charge in [-0.25, -0.2) is 4.39 Å². The highest BCUT2D eigenvalue weighted by molar-refractivity contribution is 5.36. The van der Waals surface area contributed by atoms with Gasteiger partial charge in [0.15, 0.2) is 11.6 Å². The minimum absolute atomic E-state index is 0.0743. The molecule has 0 bridgehead atoms. The maximum atomic E-state index is 13.5. The first kappa shape index (κ1) is 11.4. The van der Waals surface area contributed by atoms with Gasteiger partial charge in [-0.1, -0.05) is 0 Å². The average Bonchev–Trinajstić information content (AvgIpc) is 3.08. The van der Waals surface area contributed by atoms with Crippen LogP contribution in [-0.2, 0) is 0 Å². The van der Waals surface area contributed by atoms with Crippen LogP contribution in [0.5, 0.6) is 5.75 Å². The third-order valence-electron chi connectivity index (χ3n) is 3.01. The maximum absolute atomic E-state index is 13.5. The van der Waals surface area contributed by atoms with Crippen LogP contribution in [-0.4, -0.2) is 6.61 Å². The van der Waals surface area contributed by atoms with Crippen molar-refractivity contribution >= 4 is 0 Å². The summed E-state index contributed by atoms with van der Waals surface area (Å²) in [6.07, 6.45) is 2.36. The van der Waals surface area contributed by atoms with Crippen LogP contribution in [0.15, 0.2) is 18.2 Å². The summed E-state index contributed by atoms with van der Waals surface area (Å²) in [4.78, 5) is 0.